The van der Waals surface area contributed by atoms with Crippen molar-refractivity contribution < 1.29 is 0 Å². The predicted octanol–water partition coefficient (Wildman–Crippen LogP) is 0.165. The molecule has 1 N–H and O–H groups in total. The minimum atomic E-state index is 1.08. The third-order valence-electron chi connectivity index (χ3n) is 3.60. The molecule has 17 heavy (non-hydrogen) atoms. The number of nitrogens with one attached hydrogen (secondary N) is 1. The number of hydrogen-bond donors (Lipinski definition) is 1. The SMILES string of the molecule is CNCCN(C)CCN(C)CCN1CCCC1. The summed E-state index contributed by atoms with van der Waals surface area (Å²) in [6.45, 7) is 9.64. The summed E-state index contributed by atoms with van der Waals surface area (Å²) in [6, 6.07) is 0. The van der Waals surface area contributed by atoms with Crippen molar-refractivity contribution in [3.63, 3.8) is 0 Å². The topological polar surface area (TPSA) is 21.8 Å². The van der Waals surface area contributed by atoms with Crippen molar-refractivity contribution in [1.29, 1.82) is 0 Å². The summed E-state index contributed by atoms with van der Waals surface area (Å²) in [6.07, 6.45) is 2.80. The molecule has 1 aliphatic rings. The van der Waals surface area contributed by atoms with Gasteiger partial charge in [0.1, 0.15) is 0 Å². The lowest BCUT2D eigenvalue weighted by atomic mass is 10.4. The van der Waals surface area contributed by atoms with Gasteiger partial charge in [-0.15, -0.1) is 0 Å². The molecule has 0 aromatic rings. The Morgan fingerprint density at radius 3 is 2.12 bits per heavy atom. The molecule has 0 aromatic heterocycles. The van der Waals surface area contributed by atoms with Gasteiger partial charge in [0.25, 0.3) is 0 Å². The predicted molar refractivity (Wildman–Crippen MR) is 74.6 cm³/mol. The maximum Gasteiger partial charge on any atom is 0.0109 e. The van der Waals surface area contributed by atoms with E-state index < -0.39 is 0 Å². The van der Waals surface area contributed by atoms with Crippen LogP contribution in [0.5, 0.6) is 0 Å². The van der Waals surface area contributed by atoms with Crippen LogP contribution in [0.25, 0.3) is 0 Å². The Kier molecular flexibility index (Phi) is 7.77. The van der Waals surface area contributed by atoms with Gasteiger partial charge in [0, 0.05) is 39.3 Å². The third kappa shape index (κ3) is 6.99. The zero-order chi connectivity index (χ0) is 12.5. The van der Waals surface area contributed by atoms with Crippen molar-refractivity contribution in [1.82, 2.24) is 20.0 Å². The first-order chi connectivity index (χ1) is 8.22. The molecule has 1 fully saturated rings. The maximum absolute atomic E-state index is 3.19. The highest BCUT2D eigenvalue weighted by Gasteiger charge is 2.11. The highest BCUT2D eigenvalue weighted by Crippen LogP contribution is 2.06. The van der Waals surface area contributed by atoms with Crippen molar-refractivity contribution in [2.45, 2.75) is 12.8 Å². The summed E-state index contributed by atoms with van der Waals surface area (Å²) in [5, 5.41) is 3.19. The lowest BCUT2D eigenvalue weighted by Gasteiger charge is -2.24. The van der Waals surface area contributed by atoms with Crippen LogP contribution in [-0.2, 0) is 0 Å². The Balaban J connectivity index is 1.97. The smallest absolute Gasteiger partial charge is 0.0109 e. The largest absolute Gasteiger partial charge is 0.318 e. The number of hydrogen-bond acceptors (Lipinski definition) is 4. The fourth-order valence-corrected chi connectivity index (χ4v) is 2.19. The van der Waals surface area contributed by atoms with E-state index in [2.05, 4.69) is 34.1 Å². The Morgan fingerprint density at radius 2 is 1.53 bits per heavy atom. The van der Waals surface area contributed by atoms with Gasteiger partial charge in [-0.25, -0.2) is 0 Å². The van der Waals surface area contributed by atoms with Gasteiger partial charge in [0.15, 0.2) is 0 Å². The molecule has 0 aliphatic carbocycles. The molecule has 4 heteroatoms. The van der Waals surface area contributed by atoms with Crippen LogP contribution in [0.15, 0.2) is 0 Å². The van der Waals surface area contributed by atoms with Crippen molar-refractivity contribution in [3.8, 4) is 0 Å². The lowest BCUT2D eigenvalue weighted by molar-refractivity contribution is 0.227. The third-order valence-corrected chi connectivity index (χ3v) is 3.60. The summed E-state index contributed by atoms with van der Waals surface area (Å²) in [4.78, 5) is 7.43. The summed E-state index contributed by atoms with van der Waals surface area (Å²) < 4.78 is 0. The molecule has 1 rings (SSSR count). The van der Waals surface area contributed by atoms with Gasteiger partial charge in [-0.1, -0.05) is 0 Å². The molecule has 0 bridgehead atoms. The van der Waals surface area contributed by atoms with Gasteiger partial charge in [0.05, 0.1) is 0 Å². The minimum Gasteiger partial charge on any atom is -0.318 e. The Hall–Kier alpha value is -0.160. The molecule has 4 nitrogen and oxygen atoms in total. The monoisotopic (exact) mass is 242 g/mol. The zero-order valence-electron chi connectivity index (χ0n) is 11.9. The van der Waals surface area contributed by atoms with E-state index in [9.17, 15) is 0 Å². The Morgan fingerprint density at radius 1 is 0.941 bits per heavy atom. The Labute approximate surface area is 107 Å². The summed E-state index contributed by atoms with van der Waals surface area (Å²) in [5.41, 5.74) is 0. The number of likely N-dealkylation sites (N-methyl/N-ethyl adjacent to an activating group) is 3. The summed E-state index contributed by atoms with van der Waals surface area (Å²) in [7, 11) is 6.45. The molecule has 0 aromatic carbocycles. The fourth-order valence-electron chi connectivity index (χ4n) is 2.19. The van der Waals surface area contributed by atoms with E-state index in [4.69, 9.17) is 0 Å². The van der Waals surface area contributed by atoms with Gasteiger partial charge >= 0.3 is 0 Å². The van der Waals surface area contributed by atoms with E-state index >= 15 is 0 Å². The highest BCUT2D eigenvalue weighted by molar-refractivity contribution is 4.68. The van der Waals surface area contributed by atoms with E-state index in [0.717, 1.165) is 19.6 Å². The molecule has 0 amide bonds. The van der Waals surface area contributed by atoms with Crippen molar-refractivity contribution in [2.24, 2.45) is 0 Å². The van der Waals surface area contributed by atoms with E-state index in [1.165, 1.54) is 45.6 Å². The number of likely N-dealkylation sites (tertiary alicyclic amines) is 1. The molecular weight excluding hydrogens is 212 g/mol. The van der Waals surface area contributed by atoms with Gasteiger partial charge < -0.3 is 20.0 Å². The molecule has 0 atom stereocenters. The number of nitrogens with zero attached hydrogens (tertiary/aromatic N) is 3. The van der Waals surface area contributed by atoms with Crippen LogP contribution in [-0.4, -0.2) is 88.2 Å². The second-order valence-electron chi connectivity index (χ2n) is 5.26. The fraction of sp³-hybridized carbons (Fsp3) is 1.00. The summed E-state index contributed by atoms with van der Waals surface area (Å²) in [5.74, 6) is 0. The van der Waals surface area contributed by atoms with Crippen LogP contribution >= 0.6 is 0 Å². The van der Waals surface area contributed by atoms with Crippen LogP contribution < -0.4 is 5.32 Å². The molecule has 0 saturated carbocycles. The first-order valence-corrected chi connectivity index (χ1v) is 6.96. The highest BCUT2D eigenvalue weighted by atomic mass is 15.2. The van der Waals surface area contributed by atoms with Crippen molar-refractivity contribution in [2.75, 3.05) is 73.5 Å². The first kappa shape index (κ1) is 14.9. The first-order valence-electron chi connectivity index (χ1n) is 6.96. The van der Waals surface area contributed by atoms with E-state index in [-0.39, 0.29) is 0 Å². The minimum absolute atomic E-state index is 1.08. The molecule has 102 valence electrons. The molecule has 0 radical (unpaired) electrons. The molecular formula is C13H30N4. The van der Waals surface area contributed by atoms with Gasteiger partial charge in [-0.2, -0.15) is 0 Å². The van der Waals surface area contributed by atoms with Gasteiger partial charge in [0.2, 0.25) is 0 Å². The van der Waals surface area contributed by atoms with Crippen LogP contribution in [0.3, 0.4) is 0 Å². The van der Waals surface area contributed by atoms with E-state index in [1.54, 1.807) is 0 Å². The summed E-state index contributed by atoms with van der Waals surface area (Å²) >= 11 is 0. The molecule has 1 heterocycles. The van der Waals surface area contributed by atoms with E-state index in [0.29, 0.717) is 0 Å². The lowest BCUT2D eigenvalue weighted by Crippen LogP contribution is -2.37. The van der Waals surface area contributed by atoms with Gasteiger partial charge in [-0.05, 0) is 47.1 Å². The van der Waals surface area contributed by atoms with E-state index in [1.807, 2.05) is 7.05 Å². The molecule has 0 unspecified atom stereocenters. The Bertz CT molecular complexity index is 180. The van der Waals surface area contributed by atoms with Crippen LogP contribution in [0, 0.1) is 0 Å². The molecule has 0 spiro atoms. The number of rotatable bonds is 9. The maximum atomic E-state index is 3.19. The second-order valence-corrected chi connectivity index (χ2v) is 5.26. The normalized spacial score (nSPS) is 17.5. The zero-order valence-corrected chi connectivity index (χ0v) is 11.9. The van der Waals surface area contributed by atoms with Crippen LogP contribution in [0.1, 0.15) is 12.8 Å². The van der Waals surface area contributed by atoms with Crippen LogP contribution in [0.2, 0.25) is 0 Å². The van der Waals surface area contributed by atoms with Crippen molar-refractivity contribution in [3.05, 3.63) is 0 Å². The standard InChI is InChI=1S/C13H30N4/c1-14-6-9-15(2)10-11-16(3)12-13-17-7-4-5-8-17/h14H,4-13H2,1-3H3. The average Bonchev–Trinajstić information content (AvgIpc) is 2.84. The van der Waals surface area contributed by atoms with Crippen LogP contribution in [0.4, 0.5) is 0 Å². The average molecular weight is 242 g/mol. The molecule has 1 saturated heterocycles. The molecule has 1 aliphatic heterocycles. The van der Waals surface area contributed by atoms with Gasteiger partial charge in [-0.3, -0.25) is 0 Å². The van der Waals surface area contributed by atoms with Crippen molar-refractivity contribution >= 4 is 0 Å². The second kappa shape index (κ2) is 8.86. The quantitative estimate of drug-likeness (QED) is 0.622.